The number of hydrogen-bond acceptors (Lipinski definition) is 2. The lowest BCUT2D eigenvalue weighted by Crippen LogP contribution is -2.36. The van der Waals surface area contributed by atoms with E-state index in [0.717, 1.165) is 18.7 Å². The number of benzene rings is 1. The Labute approximate surface area is 113 Å². The number of nitrogens with one attached hydrogen (secondary N) is 1. The molecule has 1 atom stereocenters. The fraction of sp³-hybridized carbons (Fsp3) is 0.500. The molecule has 0 aliphatic carbocycles. The van der Waals surface area contributed by atoms with E-state index >= 15 is 0 Å². The zero-order chi connectivity index (χ0) is 13.0. The van der Waals surface area contributed by atoms with Crippen molar-refractivity contribution in [1.29, 1.82) is 0 Å². The molecular formula is C14H19ClN2O. The summed E-state index contributed by atoms with van der Waals surface area (Å²) in [4.78, 5) is 14.1. The van der Waals surface area contributed by atoms with Gasteiger partial charge in [0.15, 0.2) is 0 Å². The van der Waals surface area contributed by atoms with Gasteiger partial charge in [-0.3, -0.25) is 9.69 Å². The molecule has 0 aromatic heterocycles. The van der Waals surface area contributed by atoms with Crippen molar-refractivity contribution in [3.8, 4) is 0 Å². The van der Waals surface area contributed by atoms with Crippen LogP contribution in [0.3, 0.4) is 0 Å². The number of rotatable bonds is 4. The summed E-state index contributed by atoms with van der Waals surface area (Å²) in [5.74, 6) is 0.0966. The van der Waals surface area contributed by atoms with E-state index in [0.29, 0.717) is 11.6 Å². The SMILES string of the molecule is C[C@@H](NC(=O)CN1CCCC1)c1ccc(Cl)cc1. The number of carbonyl (C=O) groups excluding carboxylic acids is 1. The Bertz CT molecular complexity index is 399. The fourth-order valence-electron chi connectivity index (χ4n) is 2.27. The first-order valence-corrected chi connectivity index (χ1v) is 6.80. The lowest BCUT2D eigenvalue weighted by atomic mass is 10.1. The number of likely N-dealkylation sites (tertiary alicyclic amines) is 1. The Kier molecular flexibility index (Phi) is 4.61. The van der Waals surface area contributed by atoms with Gasteiger partial charge in [0.2, 0.25) is 5.91 Å². The number of carbonyl (C=O) groups is 1. The first-order valence-electron chi connectivity index (χ1n) is 6.42. The maximum Gasteiger partial charge on any atom is 0.234 e. The monoisotopic (exact) mass is 266 g/mol. The highest BCUT2D eigenvalue weighted by molar-refractivity contribution is 6.30. The third-order valence-corrected chi connectivity index (χ3v) is 3.57. The third kappa shape index (κ3) is 3.72. The molecule has 98 valence electrons. The maximum atomic E-state index is 11.9. The van der Waals surface area contributed by atoms with Gasteiger partial charge in [0.05, 0.1) is 12.6 Å². The maximum absolute atomic E-state index is 11.9. The molecule has 1 heterocycles. The van der Waals surface area contributed by atoms with Crippen LogP contribution >= 0.6 is 11.6 Å². The summed E-state index contributed by atoms with van der Waals surface area (Å²) in [6.45, 7) is 4.59. The molecule has 3 nitrogen and oxygen atoms in total. The van der Waals surface area contributed by atoms with Crippen LogP contribution in [0.15, 0.2) is 24.3 Å². The van der Waals surface area contributed by atoms with E-state index in [9.17, 15) is 4.79 Å². The molecular weight excluding hydrogens is 248 g/mol. The van der Waals surface area contributed by atoms with Crippen LogP contribution in [0, 0.1) is 0 Å². The van der Waals surface area contributed by atoms with E-state index in [2.05, 4.69) is 10.2 Å². The Morgan fingerprint density at radius 2 is 1.94 bits per heavy atom. The normalized spacial score (nSPS) is 17.7. The number of nitrogens with zero attached hydrogens (tertiary/aromatic N) is 1. The van der Waals surface area contributed by atoms with Gasteiger partial charge in [0.25, 0.3) is 0 Å². The molecule has 1 aromatic carbocycles. The van der Waals surface area contributed by atoms with Crippen molar-refractivity contribution < 1.29 is 4.79 Å². The Morgan fingerprint density at radius 1 is 1.33 bits per heavy atom. The summed E-state index contributed by atoms with van der Waals surface area (Å²) in [5, 5.41) is 3.74. The molecule has 4 heteroatoms. The van der Waals surface area contributed by atoms with E-state index in [1.54, 1.807) is 0 Å². The minimum atomic E-state index is 0.0253. The molecule has 0 unspecified atom stereocenters. The van der Waals surface area contributed by atoms with Crippen molar-refractivity contribution in [2.45, 2.75) is 25.8 Å². The highest BCUT2D eigenvalue weighted by Gasteiger charge is 2.16. The molecule has 1 aliphatic heterocycles. The average Bonchev–Trinajstić information content (AvgIpc) is 2.82. The molecule has 1 fully saturated rings. The van der Waals surface area contributed by atoms with Crippen LogP contribution in [0.5, 0.6) is 0 Å². The van der Waals surface area contributed by atoms with Crippen molar-refractivity contribution in [2.24, 2.45) is 0 Å². The number of halogens is 1. The van der Waals surface area contributed by atoms with E-state index in [1.165, 1.54) is 12.8 Å². The number of amides is 1. The van der Waals surface area contributed by atoms with Gasteiger partial charge in [-0.25, -0.2) is 0 Å². The molecule has 1 aromatic rings. The zero-order valence-corrected chi connectivity index (χ0v) is 11.4. The smallest absolute Gasteiger partial charge is 0.234 e. The second-order valence-corrected chi connectivity index (χ2v) is 5.26. The molecule has 1 aliphatic rings. The lowest BCUT2D eigenvalue weighted by molar-refractivity contribution is -0.122. The summed E-state index contributed by atoms with van der Waals surface area (Å²) in [6.07, 6.45) is 2.42. The second kappa shape index (κ2) is 6.21. The van der Waals surface area contributed by atoms with Crippen LogP contribution in [0.4, 0.5) is 0 Å². The van der Waals surface area contributed by atoms with Crippen LogP contribution in [-0.4, -0.2) is 30.4 Å². The van der Waals surface area contributed by atoms with Crippen LogP contribution in [0.25, 0.3) is 0 Å². The van der Waals surface area contributed by atoms with Gasteiger partial charge in [0, 0.05) is 5.02 Å². The summed E-state index contributed by atoms with van der Waals surface area (Å²) in [6, 6.07) is 7.61. The highest BCUT2D eigenvalue weighted by Crippen LogP contribution is 2.16. The average molecular weight is 267 g/mol. The Hall–Kier alpha value is -1.06. The van der Waals surface area contributed by atoms with Crippen LogP contribution in [-0.2, 0) is 4.79 Å². The van der Waals surface area contributed by atoms with E-state index in [4.69, 9.17) is 11.6 Å². The van der Waals surface area contributed by atoms with Crippen molar-refractivity contribution >= 4 is 17.5 Å². The topological polar surface area (TPSA) is 32.3 Å². The second-order valence-electron chi connectivity index (χ2n) is 4.82. The molecule has 18 heavy (non-hydrogen) atoms. The van der Waals surface area contributed by atoms with Crippen LogP contribution in [0.1, 0.15) is 31.4 Å². The van der Waals surface area contributed by atoms with Crippen LogP contribution in [0.2, 0.25) is 5.02 Å². The highest BCUT2D eigenvalue weighted by atomic mass is 35.5. The van der Waals surface area contributed by atoms with Crippen molar-refractivity contribution in [1.82, 2.24) is 10.2 Å². The molecule has 0 spiro atoms. The van der Waals surface area contributed by atoms with Gasteiger partial charge in [0.1, 0.15) is 0 Å². The van der Waals surface area contributed by atoms with E-state index < -0.39 is 0 Å². The molecule has 0 bridgehead atoms. The Balaban J connectivity index is 1.84. The first kappa shape index (κ1) is 13.4. The fourth-order valence-corrected chi connectivity index (χ4v) is 2.39. The minimum Gasteiger partial charge on any atom is -0.348 e. The van der Waals surface area contributed by atoms with Crippen molar-refractivity contribution in [3.63, 3.8) is 0 Å². The quantitative estimate of drug-likeness (QED) is 0.909. The molecule has 2 rings (SSSR count). The summed E-state index contributed by atoms with van der Waals surface area (Å²) < 4.78 is 0. The van der Waals surface area contributed by atoms with Crippen molar-refractivity contribution in [3.05, 3.63) is 34.9 Å². The van der Waals surface area contributed by atoms with Gasteiger partial charge < -0.3 is 5.32 Å². The Morgan fingerprint density at radius 3 is 2.56 bits per heavy atom. The summed E-state index contributed by atoms with van der Waals surface area (Å²) >= 11 is 5.84. The first-order chi connectivity index (χ1) is 8.65. The van der Waals surface area contributed by atoms with Gasteiger partial charge in [-0.05, 0) is 50.6 Å². The standard InChI is InChI=1S/C14H19ClN2O/c1-11(12-4-6-13(15)7-5-12)16-14(18)10-17-8-2-3-9-17/h4-7,11H,2-3,8-10H2,1H3,(H,16,18)/t11-/m1/s1. The van der Waals surface area contributed by atoms with Gasteiger partial charge in [-0.1, -0.05) is 23.7 Å². The van der Waals surface area contributed by atoms with Crippen molar-refractivity contribution in [2.75, 3.05) is 19.6 Å². The molecule has 0 saturated carbocycles. The molecule has 0 radical (unpaired) electrons. The predicted molar refractivity (Wildman–Crippen MR) is 73.7 cm³/mol. The van der Waals surface area contributed by atoms with Gasteiger partial charge >= 0.3 is 0 Å². The van der Waals surface area contributed by atoms with E-state index in [1.807, 2.05) is 31.2 Å². The van der Waals surface area contributed by atoms with E-state index in [-0.39, 0.29) is 11.9 Å². The van der Waals surface area contributed by atoms with Gasteiger partial charge in [-0.2, -0.15) is 0 Å². The number of hydrogen-bond donors (Lipinski definition) is 1. The largest absolute Gasteiger partial charge is 0.348 e. The van der Waals surface area contributed by atoms with Gasteiger partial charge in [-0.15, -0.1) is 0 Å². The summed E-state index contributed by atoms with van der Waals surface area (Å²) in [5.41, 5.74) is 1.08. The minimum absolute atomic E-state index is 0.0253. The summed E-state index contributed by atoms with van der Waals surface area (Å²) in [7, 11) is 0. The molecule has 1 saturated heterocycles. The molecule has 1 amide bonds. The third-order valence-electron chi connectivity index (χ3n) is 3.31. The predicted octanol–water partition coefficient (Wildman–Crippen LogP) is 2.61. The zero-order valence-electron chi connectivity index (χ0n) is 10.7. The van der Waals surface area contributed by atoms with Crippen LogP contribution < -0.4 is 5.32 Å². The lowest BCUT2D eigenvalue weighted by Gasteiger charge is -2.18. The molecule has 1 N–H and O–H groups in total.